The SMILES string of the molecule is CCC(C)N(C)c1cncc(N)n1. The number of rotatable bonds is 3. The van der Waals surface area contributed by atoms with E-state index in [-0.39, 0.29) is 0 Å². The van der Waals surface area contributed by atoms with Crippen molar-refractivity contribution in [2.45, 2.75) is 26.3 Å². The summed E-state index contributed by atoms with van der Waals surface area (Å²) in [4.78, 5) is 10.2. The number of nitrogens with zero attached hydrogens (tertiary/aromatic N) is 3. The summed E-state index contributed by atoms with van der Waals surface area (Å²) in [7, 11) is 2.00. The molecule has 0 radical (unpaired) electrons. The second-order valence-electron chi connectivity index (χ2n) is 3.17. The summed E-state index contributed by atoms with van der Waals surface area (Å²) in [6, 6.07) is 0.455. The second-order valence-corrected chi connectivity index (χ2v) is 3.17. The van der Waals surface area contributed by atoms with Crippen molar-refractivity contribution >= 4 is 11.6 Å². The van der Waals surface area contributed by atoms with Gasteiger partial charge in [-0.25, -0.2) is 4.98 Å². The number of nitrogen functional groups attached to an aromatic ring is 1. The predicted octanol–water partition coefficient (Wildman–Crippen LogP) is 1.29. The maximum Gasteiger partial charge on any atom is 0.149 e. The van der Waals surface area contributed by atoms with Crippen LogP contribution >= 0.6 is 0 Å². The summed E-state index contributed by atoms with van der Waals surface area (Å²) in [5, 5.41) is 0. The van der Waals surface area contributed by atoms with Crippen molar-refractivity contribution in [2.75, 3.05) is 17.7 Å². The van der Waals surface area contributed by atoms with E-state index in [1.165, 1.54) is 0 Å². The molecule has 0 spiro atoms. The first kappa shape index (κ1) is 9.77. The molecule has 72 valence electrons. The molecule has 0 fully saturated rings. The molecule has 0 aliphatic heterocycles. The van der Waals surface area contributed by atoms with Gasteiger partial charge in [0.1, 0.15) is 11.6 Å². The summed E-state index contributed by atoms with van der Waals surface area (Å²) in [5.74, 6) is 1.29. The third-order valence-corrected chi connectivity index (χ3v) is 2.25. The summed E-state index contributed by atoms with van der Waals surface area (Å²) in [6.45, 7) is 4.28. The Morgan fingerprint density at radius 2 is 2.23 bits per heavy atom. The van der Waals surface area contributed by atoms with Crippen LogP contribution in [-0.2, 0) is 0 Å². The van der Waals surface area contributed by atoms with Crippen LogP contribution in [0.5, 0.6) is 0 Å². The molecule has 0 aliphatic carbocycles. The molecule has 4 nitrogen and oxygen atoms in total. The summed E-state index contributed by atoms with van der Waals surface area (Å²) < 4.78 is 0. The zero-order chi connectivity index (χ0) is 9.84. The van der Waals surface area contributed by atoms with E-state index in [0.717, 1.165) is 12.2 Å². The fourth-order valence-electron chi connectivity index (χ4n) is 1.04. The predicted molar refractivity (Wildman–Crippen MR) is 54.6 cm³/mol. The van der Waals surface area contributed by atoms with Gasteiger partial charge in [-0.3, -0.25) is 4.98 Å². The normalized spacial score (nSPS) is 12.5. The van der Waals surface area contributed by atoms with Crippen LogP contribution < -0.4 is 10.6 Å². The first-order valence-corrected chi connectivity index (χ1v) is 4.45. The Balaban J connectivity index is 2.82. The Labute approximate surface area is 78.8 Å². The van der Waals surface area contributed by atoms with Gasteiger partial charge in [0.05, 0.1) is 12.4 Å². The Morgan fingerprint density at radius 1 is 1.54 bits per heavy atom. The van der Waals surface area contributed by atoms with Crippen molar-refractivity contribution in [1.82, 2.24) is 9.97 Å². The lowest BCUT2D eigenvalue weighted by Crippen LogP contribution is -2.29. The van der Waals surface area contributed by atoms with Crippen LogP contribution in [0.2, 0.25) is 0 Å². The smallest absolute Gasteiger partial charge is 0.149 e. The van der Waals surface area contributed by atoms with Crippen molar-refractivity contribution in [2.24, 2.45) is 0 Å². The van der Waals surface area contributed by atoms with Crippen molar-refractivity contribution in [1.29, 1.82) is 0 Å². The molecule has 0 saturated carbocycles. The molecular formula is C9H16N4. The third-order valence-electron chi connectivity index (χ3n) is 2.25. The highest BCUT2D eigenvalue weighted by molar-refractivity contribution is 5.41. The standard InChI is InChI=1S/C9H16N4/c1-4-7(2)13(3)9-6-11-5-8(10)12-9/h5-7H,4H2,1-3H3,(H2,10,12). The molecule has 1 atom stereocenters. The molecule has 1 aromatic heterocycles. The number of anilines is 2. The average molecular weight is 180 g/mol. The fourth-order valence-corrected chi connectivity index (χ4v) is 1.04. The Kier molecular flexibility index (Phi) is 3.06. The molecule has 1 unspecified atom stereocenters. The Hall–Kier alpha value is -1.32. The third kappa shape index (κ3) is 2.31. The Morgan fingerprint density at radius 3 is 2.77 bits per heavy atom. The van der Waals surface area contributed by atoms with Gasteiger partial charge < -0.3 is 10.6 Å². The maximum atomic E-state index is 5.54. The zero-order valence-electron chi connectivity index (χ0n) is 8.36. The van der Waals surface area contributed by atoms with E-state index >= 15 is 0 Å². The van der Waals surface area contributed by atoms with E-state index in [2.05, 4.69) is 28.7 Å². The van der Waals surface area contributed by atoms with Crippen molar-refractivity contribution in [3.63, 3.8) is 0 Å². The molecule has 1 aromatic rings. The molecule has 0 amide bonds. The quantitative estimate of drug-likeness (QED) is 0.761. The second kappa shape index (κ2) is 4.07. The van der Waals surface area contributed by atoms with E-state index in [1.54, 1.807) is 12.4 Å². The van der Waals surface area contributed by atoms with Gasteiger partial charge in [-0.15, -0.1) is 0 Å². The topological polar surface area (TPSA) is 55.0 Å². The van der Waals surface area contributed by atoms with Crippen LogP contribution in [0.25, 0.3) is 0 Å². The van der Waals surface area contributed by atoms with Crippen molar-refractivity contribution < 1.29 is 0 Å². The van der Waals surface area contributed by atoms with Crippen molar-refractivity contribution in [3.8, 4) is 0 Å². The minimum absolute atomic E-state index is 0.455. The highest BCUT2D eigenvalue weighted by Crippen LogP contribution is 2.12. The summed E-state index contributed by atoms with van der Waals surface area (Å²) in [6.07, 6.45) is 4.35. The number of nitrogens with two attached hydrogens (primary N) is 1. The lowest BCUT2D eigenvalue weighted by atomic mass is 10.2. The van der Waals surface area contributed by atoms with Gasteiger partial charge in [0, 0.05) is 13.1 Å². The largest absolute Gasteiger partial charge is 0.382 e. The van der Waals surface area contributed by atoms with E-state index in [4.69, 9.17) is 5.73 Å². The van der Waals surface area contributed by atoms with Crippen LogP contribution in [0.1, 0.15) is 20.3 Å². The lowest BCUT2D eigenvalue weighted by molar-refractivity contribution is 0.656. The van der Waals surface area contributed by atoms with Gasteiger partial charge in [-0.1, -0.05) is 6.92 Å². The molecule has 0 bridgehead atoms. The molecule has 0 aromatic carbocycles. The van der Waals surface area contributed by atoms with Crippen LogP contribution in [0, 0.1) is 0 Å². The van der Waals surface area contributed by atoms with Gasteiger partial charge in [-0.2, -0.15) is 0 Å². The highest BCUT2D eigenvalue weighted by Gasteiger charge is 2.08. The Bertz CT molecular complexity index is 274. The summed E-state index contributed by atoms with van der Waals surface area (Å²) in [5.41, 5.74) is 5.54. The molecule has 1 heterocycles. The molecule has 1 rings (SSSR count). The molecule has 0 aliphatic rings. The molecular weight excluding hydrogens is 164 g/mol. The van der Waals surface area contributed by atoms with E-state index in [9.17, 15) is 0 Å². The number of hydrogen-bond acceptors (Lipinski definition) is 4. The molecule has 4 heteroatoms. The fraction of sp³-hybridized carbons (Fsp3) is 0.556. The molecule has 0 saturated heterocycles. The van der Waals surface area contributed by atoms with Gasteiger partial charge in [0.2, 0.25) is 0 Å². The van der Waals surface area contributed by atoms with Gasteiger partial charge in [0.25, 0.3) is 0 Å². The maximum absolute atomic E-state index is 5.54. The number of aromatic nitrogens is 2. The van der Waals surface area contributed by atoms with E-state index in [0.29, 0.717) is 11.9 Å². The number of hydrogen-bond donors (Lipinski definition) is 1. The van der Waals surface area contributed by atoms with Crippen LogP contribution in [-0.4, -0.2) is 23.1 Å². The highest BCUT2D eigenvalue weighted by atomic mass is 15.2. The van der Waals surface area contributed by atoms with Gasteiger partial charge in [0.15, 0.2) is 0 Å². The lowest BCUT2D eigenvalue weighted by Gasteiger charge is -2.24. The van der Waals surface area contributed by atoms with Crippen LogP contribution in [0.4, 0.5) is 11.6 Å². The van der Waals surface area contributed by atoms with Crippen LogP contribution in [0.15, 0.2) is 12.4 Å². The molecule has 2 N–H and O–H groups in total. The molecule has 13 heavy (non-hydrogen) atoms. The average Bonchev–Trinajstić information content (AvgIpc) is 2.15. The minimum atomic E-state index is 0.455. The van der Waals surface area contributed by atoms with E-state index < -0.39 is 0 Å². The van der Waals surface area contributed by atoms with E-state index in [1.807, 2.05) is 7.05 Å². The first-order valence-electron chi connectivity index (χ1n) is 4.45. The van der Waals surface area contributed by atoms with Crippen molar-refractivity contribution in [3.05, 3.63) is 12.4 Å². The zero-order valence-corrected chi connectivity index (χ0v) is 8.36. The summed E-state index contributed by atoms with van der Waals surface area (Å²) >= 11 is 0. The minimum Gasteiger partial charge on any atom is -0.382 e. The monoisotopic (exact) mass is 180 g/mol. The van der Waals surface area contributed by atoms with Crippen LogP contribution in [0.3, 0.4) is 0 Å². The first-order chi connectivity index (χ1) is 6.15. The van der Waals surface area contributed by atoms with Gasteiger partial charge >= 0.3 is 0 Å². The van der Waals surface area contributed by atoms with Gasteiger partial charge in [-0.05, 0) is 13.3 Å².